The Hall–Kier alpha value is -1.59. The summed E-state index contributed by atoms with van der Waals surface area (Å²) in [4.78, 5) is 33.9. The molecule has 1 rings (SSSR count). The van der Waals surface area contributed by atoms with Gasteiger partial charge in [-0.05, 0) is 6.42 Å². The number of carbonyl (C=O) groups is 3. The molecule has 13 heavy (non-hydrogen) atoms. The third kappa shape index (κ3) is 1.61. The molecule has 0 bridgehead atoms. The van der Waals surface area contributed by atoms with E-state index in [9.17, 15) is 14.4 Å². The summed E-state index contributed by atoms with van der Waals surface area (Å²) in [5, 5.41) is 2.32. The van der Waals surface area contributed by atoms with Crippen molar-refractivity contribution in [2.75, 3.05) is 6.54 Å². The Bertz CT molecular complexity index is 248. The minimum atomic E-state index is -0.824. The Balaban J connectivity index is 2.84. The molecule has 0 radical (unpaired) electrons. The smallest absolute Gasteiger partial charge is 0.325 e. The van der Waals surface area contributed by atoms with Crippen LogP contribution in [0.4, 0.5) is 4.79 Å². The first-order valence-electron chi connectivity index (χ1n) is 3.97. The first-order chi connectivity index (χ1) is 6.07. The molecule has 0 aromatic rings. The molecule has 0 aromatic heterocycles. The van der Waals surface area contributed by atoms with E-state index in [1.165, 1.54) is 0 Å². The average Bonchev–Trinajstić information content (AvgIpc) is 2.36. The molecule has 72 valence electrons. The van der Waals surface area contributed by atoms with Crippen molar-refractivity contribution >= 4 is 17.8 Å². The predicted molar refractivity (Wildman–Crippen MR) is 43.5 cm³/mol. The molecule has 0 spiro atoms. The molecule has 4 amide bonds. The number of nitrogens with two attached hydrogens (primary N) is 1. The van der Waals surface area contributed by atoms with Gasteiger partial charge in [0.05, 0.1) is 6.54 Å². The number of carbonyl (C=O) groups excluding carboxylic acids is 3. The van der Waals surface area contributed by atoms with Crippen LogP contribution in [-0.2, 0) is 9.59 Å². The number of imide groups is 1. The highest BCUT2D eigenvalue weighted by molar-refractivity contribution is 6.05. The molecule has 1 atom stereocenters. The van der Waals surface area contributed by atoms with Crippen LogP contribution in [0.1, 0.15) is 13.3 Å². The molecule has 6 nitrogen and oxygen atoms in total. The Kier molecular flexibility index (Phi) is 2.50. The summed E-state index contributed by atoms with van der Waals surface area (Å²) in [7, 11) is 0. The Morgan fingerprint density at radius 2 is 2.31 bits per heavy atom. The Labute approximate surface area is 75.1 Å². The molecular formula is C7H11N3O3. The monoisotopic (exact) mass is 185 g/mol. The second-order valence-corrected chi connectivity index (χ2v) is 2.75. The van der Waals surface area contributed by atoms with Crippen molar-refractivity contribution in [1.82, 2.24) is 10.2 Å². The zero-order valence-corrected chi connectivity index (χ0v) is 7.24. The molecule has 0 aliphatic carbocycles. The van der Waals surface area contributed by atoms with E-state index in [2.05, 4.69) is 5.32 Å². The third-order valence-electron chi connectivity index (χ3n) is 1.91. The quantitative estimate of drug-likeness (QED) is 0.541. The van der Waals surface area contributed by atoms with E-state index in [1.807, 2.05) is 0 Å². The third-order valence-corrected chi connectivity index (χ3v) is 1.91. The van der Waals surface area contributed by atoms with Crippen LogP contribution in [-0.4, -0.2) is 35.3 Å². The fraction of sp³-hybridized carbons (Fsp3) is 0.571. The van der Waals surface area contributed by atoms with Crippen LogP contribution in [0.3, 0.4) is 0 Å². The summed E-state index contributed by atoms with van der Waals surface area (Å²) >= 11 is 0. The molecular weight excluding hydrogens is 174 g/mol. The molecule has 3 N–H and O–H groups in total. The van der Waals surface area contributed by atoms with Gasteiger partial charge in [0, 0.05) is 0 Å². The first-order valence-corrected chi connectivity index (χ1v) is 3.97. The molecule has 0 saturated carbocycles. The molecule has 1 saturated heterocycles. The van der Waals surface area contributed by atoms with Gasteiger partial charge in [-0.2, -0.15) is 0 Å². The lowest BCUT2D eigenvalue weighted by Gasteiger charge is -2.20. The number of hydrogen-bond acceptors (Lipinski definition) is 3. The molecule has 0 aromatic carbocycles. The summed E-state index contributed by atoms with van der Waals surface area (Å²) < 4.78 is 0. The number of nitrogens with one attached hydrogen (secondary N) is 1. The van der Waals surface area contributed by atoms with E-state index in [0.717, 1.165) is 4.90 Å². The van der Waals surface area contributed by atoms with Gasteiger partial charge in [0.2, 0.25) is 5.91 Å². The summed E-state index contributed by atoms with van der Waals surface area (Å²) in [6, 6.07) is -1.37. The second-order valence-electron chi connectivity index (χ2n) is 2.75. The van der Waals surface area contributed by atoms with Crippen LogP contribution in [0.2, 0.25) is 0 Å². The average molecular weight is 185 g/mol. The fourth-order valence-electron chi connectivity index (χ4n) is 1.26. The number of urea groups is 1. The maximum Gasteiger partial charge on any atom is 0.325 e. The van der Waals surface area contributed by atoms with Gasteiger partial charge >= 0.3 is 6.03 Å². The molecule has 1 heterocycles. The topological polar surface area (TPSA) is 92.5 Å². The van der Waals surface area contributed by atoms with Gasteiger partial charge in [0.25, 0.3) is 5.91 Å². The van der Waals surface area contributed by atoms with Gasteiger partial charge in [0.1, 0.15) is 6.04 Å². The van der Waals surface area contributed by atoms with Crippen molar-refractivity contribution in [1.29, 1.82) is 0 Å². The van der Waals surface area contributed by atoms with Crippen LogP contribution < -0.4 is 11.1 Å². The van der Waals surface area contributed by atoms with E-state index in [4.69, 9.17) is 5.73 Å². The van der Waals surface area contributed by atoms with E-state index < -0.39 is 23.9 Å². The summed E-state index contributed by atoms with van der Waals surface area (Å²) in [6.45, 7) is 1.64. The first kappa shape index (κ1) is 9.50. The lowest BCUT2D eigenvalue weighted by Crippen LogP contribution is -2.47. The van der Waals surface area contributed by atoms with Gasteiger partial charge in [0.15, 0.2) is 0 Å². The van der Waals surface area contributed by atoms with E-state index in [-0.39, 0.29) is 6.54 Å². The fourth-order valence-corrected chi connectivity index (χ4v) is 1.26. The standard InChI is InChI=1S/C7H11N3O3/c1-2-4(6(8)12)10-5(11)3-9-7(10)13/h4H,2-3H2,1H3,(H2,8,12)(H,9,13). The molecule has 1 aliphatic heterocycles. The van der Waals surface area contributed by atoms with Crippen molar-refractivity contribution < 1.29 is 14.4 Å². The molecule has 1 aliphatic rings. The second kappa shape index (κ2) is 3.42. The van der Waals surface area contributed by atoms with Gasteiger partial charge in [-0.1, -0.05) is 6.92 Å². The van der Waals surface area contributed by atoms with E-state index >= 15 is 0 Å². The number of nitrogens with zero attached hydrogens (tertiary/aromatic N) is 1. The van der Waals surface area contributed by atoms with E-state index in [0.29, 0.717) is 6.42 Å². The Morgan fingerprint density at radius 3 is 2.62 bits per heavy atom. The normalized spacial score (nSPS) is 18.7. The number of primary amides is 1. The zero-order valence-electron chi connectivity index (χ0n) is 7.24. The van der Waals surface area contributed by atoms with E-state index in [1.54, 1.807) is 6.92 Å². The summed E-state index contributed by atoms with van der Waals surface area (Å²) in [5.41, 5.74) is 5.04. The van der Waals surface area contributed by atoms with Crippen LogP contribution in [0.25, 0.3) is 0 Å². The minimum Gasteiger partial charge on any atom is -0.368 e. The van der Waals surface area contributed by atoms with Gasteiger partial charge < -0.3 is 11.1 Å². The predicted octanol–water partition coefficient (Wildman–Crippen LogP) is -1.20. The zero-order chi connectivity index (χ0) is 10.0. The van der Waals surface area contributed by atoms with Crippen molar-refractivity contribution in [3.8, 4) is 0 Å². The van der Waals surface area contributed by atoms with Gasteiger partial charge in [-0.25, -0.2) is 4.79 Å². The van der Waals surface area contributed by atoms with Crippen LogP contribution in [0, 0.1) is 0 Å². The maximum atomic E-state index is 11.1. The number of hydrogen-bond donors (Lipinski definition) is 2. The van der Waals surface area contributed by atoms with Crippen molar-refractivity contribution in [2.45, 2.75) is 19.4 Å². The van der Waals surface area contributed by atoms with Gasteiger partial charge in [-0.15, -0.1) is 0 Å². The highest BCUT2D eigenvalue weighted by Gasteiger charge is 2.36. The largest absolute Gasteiger partial charge is 0.368 e. The SMILES string of the molecule is CCC(C(N)=O)N1C(=O)CNC1=O. The number of amides is 4. The lowest BCUT2D eigenvalue weighted by atomic mass is 10.2. The molecule has 6 heteroatoms. The van der Waals surface area contributed by atoms with Crippen molar-refractivity contribution in [2.24, 2.45) is 5.73 Å². The van der Waals surface area contributed by atoms with Crippen molar-refractivity contribution in [3.05, 3.63) is 0 Å². The summed E-state index contributed by atoms with van der Waals surface area (Å²) in [6.07, 6.45) is 0.342. The molecule has 1 fully saturated rings. The van der Waals surface area contributed by atoms with Crippen LogP contribution >= 0.6 is 0 Å². The van der Waals surface area contributed by atoms with Crippen LogP contribution in [0.5, 0.6) is 0 Å². The van der Waals surface area contributed by atoms with Crippen molar-refractivity contribution in [3.63, 3.8) is 0 Å². The number of rotatable bonds is 3. The maximum absolute atomic E-state index is 11.1. The highest BCUT2D eigenvalue weighted by Crippen LogP contribution is 2.08. The van der Waals surface area contributed by atoms with Crippen LogP contribution in [0.15, 0.2) is 0 Å². The lowest BCUT2D eigenvalue weighted by molar-refractivity contribution is -0.133. The Morgan fingerprint density at radius 1 is 1.69 bits per heavy atom. The van der Waals surface area contributed by atoms with Gasteiger partial charge in [-0.3, -0.25) is 14.5 Å². The molecule has 1 unspecified atom stereocenters. The highest BCUT2D eigenvalue weighted by atomic mass is 16.2. The minimum absolute atomic E-state index is 0.0530. The summed E-state index contributed by atoms with van der Waals surface area (Å²) in [5.74, 6) is -1.07.